The summed E-state index contributed by atoms with van der Waals surface area (Å²) in [5.74, 6) is 0. The van der Waals surface area contributed by atoms with Crippen LogP contribution in [0.5, 0.6) is 0 Å². The average Bonchev–Trinajstić information content (AvgIpc) is 2.45. The van der Waals surface area contributed by atoms with Gasteiger partial charge >= 0.3 is 0 Å². The second-order valence-corrected chi connectivity index (χ2v) is 6.46. The number of halogens is 1. The summed E-state index contributed by atoms with van der Waals surface area (Å²) in [5.41, 5.74) is 5.70. The van der Waals surface area contributed by atoms with E-state index >= 15 is 0 Å². The van der Waals surface area contributed by atoms with Crippen LogP contribution in [0.15, 0.2) is 36.4 Å². The Bertz CT molecular complexity index is 697. The monoisotopic (exact) mass is 332 g/mol. The van der Waals surface area contributed by atoms with Crippen molar-refractivity contribution in [1.29, 1.82) is 0 Å². The largest absolute Gasteiger partial charge is 0.356 e. The number of hydrogen-bond acceptors (Lipinski definition) is 1. The molecule has 0 aromatic heterocycles. The van der Waals surface area contributed by atoms with Crippen molar-refractivity contribution in [3.8, 4) is 0 Å². The summed E-state index contributed by atoms with van der Waals surface area (Å²) in [7, 11) is 0. The Labute approximate surface area is 142 Å². The van der Waals surface area contributed by atoms with Gasteiger partial charge in [0.15, 0.2) is 5.11 Å². The third kappa shape index (κ3) is 4.21. The highest BCUT2D eigenvalue weighted by Gasteiger charge is 2.10. The zero-order chi connectivity index (χ0) is 16.3. The zero-order valence-electron chi connectivity index (χ0n) is 13.3. The Balaban J connectivity index is 2.05. The quantitative estimate of drug-likeness (QED) is 0.744. The fourth-order valence-corrected chi connectivity index (χ4v) is 2.81. The molecule has 4 heteroatoms. The highest BCUT2D eigenvalue weighted by atomic mass is 35.5. The van der Waals surface area contributed by atoms with Crippen LogP contribution in [0.3, 0.4) is 0 Å². The van der Waals surface area contributed by atoms with Crippen molar-refractivity contribution in [1.82, 2.24) is 5.32 Å². The van der Waals surface area contributed by atoms with Gasteiger partial charge in [-0.25, -0.2) is 0 Å². The van der Waals surface area contributed by atoms with Crippen molar-refractivity contribution in [2.24, 2.45) is 0 Å². The third-order valence-corrected chi connectivity index (χ3v) is 4.31. The Morgan fingerprint density at radius 3 is 2.41 bits per heavy atom. The molecule has 0 spiro atoms. The minimum absolute atomic E-state index is 0.140. The summed E-state index contributed by atoms with van der Waals surface area (Å²) >= 11 is 11.5. The molecule has 0 aliphatic carbocycles. The molecule has 0 aliphatic heterocycles. The first-order valence-corrected chi connectivity index (χ1v) is 8.06. The van der Waals surface area contributed by atoms with Crippen molar-refractivity contribution >= 4 is 34.6 Å². The molecule has 0 saturated carbocycles. The molecule has 0 aliphatic rings. The van der Waals surface area contributed by atoms with Crippen LogP contribution < -0.4 is 10.6 Å². The summed E-state index contributed by atoms with van der Waals surface area (Å²) in [6.07, 6.45) is 0. The second-order valence-electron chi connectivity index (χ2n) is 5.64. The molecule has 2 nitrogen and oxygen atoms in total. The molecule has 2 N–H and O–H groups in total. The van der Waals surface area contributed by atoms with Crippen LogP contribution in [-0.4, -0.2) is 5.11 Å². The highest BCUT2D eigenvalue weighted by Crippen LogP contribution is 2.21. The molecule has 0 amide bonds. The highest BCUT2D eigenvalue weighted by molar-refractivity contribution is 7.80. The van der Waals surface area contributed by atoms with E-state index in [4.69, 9.17) is 23.8 Å². The van der Waals surface area contributed by atoms with Crippen molar-refractivity contribution in [3.63, 3.8) is 0 Å². The lowest BCUT2D eigenvalue weighted by Gasteiger charge is -2.20. The van der Waals surface area contributed by atoms with Gasteiger partial charge < -0.3 is 10.6 Å². The Morgan fingerprint density at radius 2 is 1.73 bits per heavy atom. The molecule has 2 aromatic carbocycles. The number of aryl methyl sites for hydroxylation is 3. The van der Waals surface area contributed by atoms with Crippen molar-refractivity contribution in [2.75, 3.05) is 5.32 Å². The topological polar surface area (TPSA) is 24.1 Å². The smallest absolute Gasteiger partial charge is 0.171 e. The molecule has 116 valence electrons. The standard InChI is InChI=1S/C18H21ClN2S/c1-11-5-6-12(2)16(9-11)14(4)20-18(22)21-15-8-7-13(3)17(19)10-15/h5-10,14H,1-4H3,(H2,20,21,22). The van der Waals surface area contributed by atoms with Crippen molar-refractivity contribution < 1.29 is 0 Å². The Morgan fingerprint density at radius 1 is 1.05 bits per heavy atom. The first-order chi connectivity index (χ1) is 10.4. The average molecular weight is 333 g/mol. The maximum absolute atomic E-state index is 6.13. The molecule has 1 unspecified atom stereocenters. The summed E-state index contributed by atoms with van der Waals surface area (Å²) in [6, 6.07) is 12.4. The normalized spacial score (nSPS) is 11.9. The van der Waals surface area contributed by atoms with Gasteiger partial charge in [0.2, 0.25) is 0 Å². The van der Waals surface area contributed by atoms with Gasteiger partial charge in [0.25, 0.3) is 0 Å². The van der Waals surface area contributed by atoms with E-state index in [1.54, 1.807) is 0 Å². The number of nitrogens with one attached hydrogen (secondary N) is 2. The van der Waals surface area contributed by atoms with Crippen molar-refractivity contribution in [3.05, 3.63) is 63.7 Å². The van der Waals surface area contributed by atoms with E-state index < -0.39 is 0 Å². The maximum Gasteiger partial charge on any atom is 0.171 e. The minimum atomic E-state index is 0.140. The molecule has 0 radical (unpaired) electrons. The third-order valence-electron chi connectivity index (χ3n) is 3.68. The summed E-state index contributed by atoms with van der Waals surface area (Å²) in [5, 5.41) is 7.83. The predicted octanol–water partition coefficient (Wildman–Crippen LogP) is 5.31. The van der Waals surface area contributed by atoms with Gasteiger partial charge in [-0.2, -0.15) is 0 Å². The van der Waals surface area contributed by atoms with E-state index in [2.05, 4.69) is 49.6 Å². The molecule has 0 bridgehead atoms. The molecular formula is C18H21ClN2S. The lowest BCUT2D eigenvalue weighted by atomic mass is 10.0. The molecule has 22 heavy (non-hydrogen) atoms. The molecule has 0 saturated heterocycles. The van der Waals surface area contributed by atoms with Gasteiger partial charge in [-0.05, 0) is 68.7 Å². The Hall–Kier alpha value is -1.58. The SMILES string of the molecule is Cc1ccc(C)c(C(C)NC(=S)Nc2ccc(C)c(Cl)c2)c1. The molecular weight excluding hydrogens is 312 g/mol. The van der Waals surface area contributed by atoms with Gasteiger partial charge in [-0.15, -0.1) is 0 Å². The first kappa shape index (κ1) is 16.8. The van der Waals surface area contributed by atoms with Crippen LogP contribution in [0, 0.1) is 20.8 Å². The molecule has 2 rings (SSSR count). The number of thiocarbonyl (C=S) groups is 1. The van der Waals surface area contributed by atoms with E-state index in [0.29, 0.717) is 5.11 Å². The number of anilines is 1. The van der Waals surface area contributed by atoms with Crippen LogP contribution in [0.4, 0.5) is 5.69 Å². The number of benzene rings is 2. The van der Waals surface area contributed by atoms with Gasteiger partial charge in [0.1, 0.15) is 0 Å². The summed E-state index contributed by atoms with van der Waals surface area (Å²) in [6.45, 7) is 8.30. The molecule has 0 heterocycles. The van der Waals surface area contributed by atoms with Crippen LogP contribution in [0.25, 0.3) is 0 Å². The van der Waals surface area contributed by atoms with Gasteiger partial charge in [-0.1, -0.05) is 41.4 Å². The summed E-state index contributed by atoms with van der Waals surface area (Å²) in [4.78, 5) is 0. The van der Waals surface area contributed by atoms with Gasteiger partial charge in [0.05, 0.1) is 6.04 Å². The van der Waals surface area contributed by atoms with E-state index in [1.165, 1.54) is 16.7 Å². The minimum Gasteiger partial charge on any atom is -0.356 e. The van der Waals surface area contributed by atoms with Crippen LogP contribution in [-0.2, 0) is 0 Å². The van der Waals surface area contributed by atoms with Crippen LogP contribution in [0.2, 0.25) is 5.02 Å². The maximum atomic E-state index is 6.13. The predicted molar refractivity (Wildman–Crippen MR) is 99.9 cm³/mol. The number of rotatable bonds is 3. The fourth-order valence-electron chi connectivity index (χ4n) is 2.34. The fraction of sp³-hybridized carbons (Fsp3) is 0.278. The van der Waals surface area contributed by atoms with E-state index in [1.807, 2.05) is 25.1 Å². The van der Waals surface area contributed by atoms with Crippen molar-refractivity contribution in [2.45, 2.75) is 33.7 Å². The van der Waals surface area contributed by atoms with Crippen LogP contribution >= 0.6 is 23.8 Å². The lowest BCUT2D eigenvalue weighted by molar-refractivity contribution is 0.716. The first-order valence-electron chi connectivity index (χ1n) is 7.27. The molecule has 2 aromatic rings. The molecule has 1 atom stereocenters. The van der Waals surface area contributed by atoms with Gasteiger partial charge in [-0.3, -0.25) is 0 Å². The summed E-state index contributed by atoms with van der Waals surface area (Å²) < 4.78 is 0. The van der Waals surface area contributed by atoms with Crippen LogP contribution in [0.1, 0.15) is 35.2 Å². The van der Waals surface area contributed by atoms with Gasteiger partial charge in [0, 0.05) is 10.7 Å². The van der Waals surface area contributed by atoms with E-state index in [9.17, 15) is 0 Å². The number of hydrogen-bond donors (Lipinski definition) is 2. The lowest BCUT2D eigenvalue weighted by Crippen LogP contribution is -2.31. The molecule has 0 fully saturated rings. The zero-order valence-corrected chi connectivity index (χ0v) is 14.9. The van der Waals surface area contributed by atoms with E-state index in [0.717, 1.165) is 16.3 Å². The Kier molecular flexibility index (Phi) is 5.43. The second kappa shape index (κ2) is 7.12. The van der Waals surface area contributed by atoms with E-state index in [-0.39, 0.29) is 6.04 Å².